The number of aliphatic hydroxyl groups is 1. The van der Waals surface area contributed by atoms with Crippen LogP contribution in [0.2, 0.25) is 0 Å². The first-order chi connectivity index (χ1) is 9.40. The molecule has 0 saturated carbocycles. The van der Waals surface area contributed by atoms with Crippen LogP contribution >= 0.6 is 0 Å². The number of nitrogens with zero attached hydrogens (tertiary/aromatic N) is 2. The van der Waals surface area contributed by atoms with E-state index < -0.39 is 5.60 Å². The van der Waals surface area contributed by atoms with Crippen molar-refractivity contribution in [2.45, 2.75) is 38.5 Å². The molecular formula is C16H24N2O2. The summed E-state index contributed by atoms with van der Waals surface area (Å²) < 4.78 is 0. The summed E-state index contributed by atoms with van der Waals surface area (Å²) in [4.78, 5) is 15.5. The second kappa shape index (κ2) is 5.94. The van der Waals surface area contributed by atoms with Crippen LogP contribution in [0.4, 0.5) is 0 Å². The zero-order valence-electron chi connectivity index (χ0n) is 12.5. The van der Waals surface area contributed by atoms with Gasteiger partial charge in [-0.1, -0.05) is 30.3 Å². The Labute approximate surface area is 121 Å². The number of benzene rings is 1. The molecule has 0 aromatic heterocycles. The predicted molar refractivity (Wildman–Crippen MR) is 79.2 cm³/mol. The largest absolute Gasteiger partial charge is 0.388 e. The van der Waals surface area contributed by atoms with Crippen molar-refractivity contribution < 1.29 is 9.90 Å². The molecule has 1 amide bonds. The molecule has 1 N–H and O–H groups in total. The molecular weight excluding hydrogens is 252 g/mol. The van der Waals surface area contributed by atoms with Gasteiger partial charge in [-0.05, 0) is 26.0 Å². The van der Waals surface area contributed by atoms with E-state index in [1.807, 2.05) is 37.1 Å². The summed E-state index contributed by atoms with van der Waals surface area (Å²) in [5.74, 6) is 0.0820. The molecule has 4 nitrogen and oxygen atoms in total. The van der Waals surface area contributed by atoms with Crippen LogP contribution < -0.4 is 0 Å². The lowest BCUT2D eigenvalue weighted by Crippen LogP contribution is -2.60. The summed E-state index contributed by atoms with van der Waals surface area (Å²) in [5.41, 5.74) is 0.459. The number of amides is 1. The van der Waals surface area contributed by atoms with E-state index in [4.69, 9.17) is 0 Å². The monoisotopic (exact) mass is 276 g/mol. The number of hydrogen-bond donors (Lipinski definition) is 1. The van der Waals surface area contributed by atoms with Gasteiger partial charge in [0.1, 0.15) is 0 Å². The fourth-order valence-corrected chi connectivity index (χ4v) is 2.91. The smallest absolute Gasteiger partial charge is 0.219 e. The van der Waals surface area contributed by atoms with Gasteiger partial charge in [-0.15, -0.1) is 0 Å². The number of likely N-dealkylation sites (N-methyl/N-ethyl adjacent to an activating group) is 1. The van der Waals surface area contributed by atoms with E-state index in [1.54, 1.807) is 6.92 Å². The van der Waals surface area contributed by atoms with E-state index >= 15 is 0 Å². The number of hydrogen-bond acceptors (Lipinski definition) is 3. The molecule has 2 atom stereocenters. The van der Waals surface area contributed by atoms with Crippen molar-refractivity contribution in [2.24, 2.45) is 0 Å². The van der Waals surface area contributed by atoms with Crippen LogP contribution in [-0.4, -0.2) is 52.6 Å². The first kappa shape index (κ1) is 15.0. The van der Waals surface area contributed by atoms with Crippen LogP contribution in [0.1, 0.15) is 25.8 Å². The first-order valence-electron chi connectivity index (χ1n) is 7.12. The molecule has 0 spiro atoms. The molecule has 20 heavy (non-hydrogen) atoms. The van der Waals surface area contributed by atoms with Crippen molar-refractivity contribution in [1.29, 1.82) is 0 Å². The maximum Gasteiger partial charge on any atom is 0.219 e. The summed E-state index contributed by atoms with van der Waals surface area (Å²) in [6.45, 7) is 5.46. The number of piperidine rings is 1. The van der Waals surface area contributed by atoms with Crippen molar-refractivity contribution in [3.8, 4) is 0 Å². The Morgan fingerprint density at radius 1 is 1.45 bits per heavy atom. The van der Waals surface area contributed by atoms with E-state index in [1.165, 1.54) is 5.56 Å². The minimum absolute atomic E-state index is 0.0413. The molecule has 1 fully saturated rings. The molecule has 1 aromatic carbocycles. The molecule has 1 saturated heterocycles. The molecule has 110 valence electrons. The molecule has 2 unspecified atom stereocenters. The Morgan fingerprint density at radius 2 is 2.10 bits per heavy atom. The molecule has 4 heteroatoms. The Morgan fingerprint density at radius 3 is 2.70 bits per heavy atom. The van der Waals surface area contributed by atoms with E-state index in [0.29, 0.717) is 19.5 Å². The number of likely N-dealkylation sites (tertiary alicyclic amines) is 1. The lowest BCUT2D eigenvalue weighted by atomic mass is 9.87. The highest BCUT2D eigenvalue weighted by Gasteiger charge is 2.40. The standard InChI is InChI=1S/C16H24N2O2/c1-13(19)18-10-9-16(2,20)15(12-18)17(3)11-14-7-5-4-6-8-14/h4-8,15,20H,9-12H2,1-3H3. The molecule has 2 rings (SSSR count). The topological polar surface area (TPSA) is 43.8 Å². The van der Waals surface area contributed by atoms with Crippen LogP contribution in [0.25, 0.3) is 0 Å². The zero-order chi connectivity index (χ0) is 14.8. The highest BCUT2D eigenvalue weighted by Crippen LogP contribution is 2.26. The van der Waals surface area contributed by atoms with Gasteiger partial charge in [0.05, 0.1) is 11.6 Å². The normalized spacial score (nSPS) is 26.9. The lowest BCUT2D eigenvalue weighted by molar-refractivity contribution is -0.138. The number of rotatable bonds is 3. The van der Waals surface area contributed by atoms with Gasteiger partial charge >= 0.3 is 0 Å². The van der Waals surface area contributed by atoms with Gasteiger partial charge in [0, 0.05) is 26.6 Å². The third-order valence-electron chi connectivity index (χ3n) is 4.25. The fraction of sp³-hybridized carbons (Fsp3) is 0.562. The SMILES string of the molecule is CC(=O)N1CCC(C)(O)C(N(C)Cc2ccccc2)C1. The second-order valence-corrected chi connectivity index (χ2v) is 5.99. The summed E-state index contributed by atoms with van der Waals surface area (Å²) in [7, 11) is 2.01. The summed E-state index contributed by atoms with van der Waals surface area (Å²) >= 11 is 0. The third kappa shape index (κ3) is 3.38. The van der Waals surface area contributed by atoms with Crippen molar-refractivity contribution in [1.82, 2.24) is 9.80 Å². The predicted octanol–water partition coefficient (Wildman–Crippen LogP) is 1.49. The minimum atomic E-state index is -0.754. The molecule has 0 aliphatic carbocycles. The fourth-order valence-electron chi connectivity index (χ4n) is 2.91. The molecule has 0 bridgehead atoms. The molecule has 0 radical (unpaired) electrons. The first-order valence-corrected chi connectivity index (χ1v) is 7.12. The van der Waals surface area contributed by atoms with E-state index in [-0.39, 0.29) is 11.9 Å². The Balaban J connectivity index is 2.09. The summed E-state index contributed by atoms with van der Waals surface area (Å²) in [6.07, 6.45) is 0.621. The Hall–Kier alpha value is -1.39. The average molecular weight is 276 g/mol. The lowest BCUT2D eigenvalue weighted by Gasteiger charge is -2.46. The maximum absolute atomic E-state index is 11.6. The van der Waals surface area contributed by atoms with Gasteiger partial charge in [-0.25, -0.2) is 0 Å². The molecule has 1 heterocycles. The van der Waals surface area contributed by atoms with Crippen LogP contribution in [0, 0.1) is 0 Å². The zero-order valence-corrected chi connectivity index (χ0v) is 12.5. The van der Waals surface area contributed by atoms with Gasteiger partial charge in [-0.3, -0.25) is 9.69 Å². The van der Waals surface area contributed by atoms with Crippen molar-refractivity contribution in [3.63, 3.8) is 0 Å². The Bertz CT molecular complexity index is 459. The average Bonchev–Trinajstić information content (AvgIpc) is 2.39. The molecule has 1 aliphatic heterocycles. The minimum Gasteiger partial charge on any atom is -0.388 e. The summed E-state index contributed by atoms with van der Waals surface area (Å²) in [6, 6.07) is 10.2. The van der Waals surface area contributed by atoms with E-state index in [2.05, 4.69) is 17.0 Å². The van der Waals surface area contributed by atoms with Crippen molar-refractivity contribution in [3.05, 3.63) is 35.9 Å². The van der Waals surface area contributed by atoms with Crippen molar-refractivity contribution >= 4 is 5.91 Å². The number of carbonyl (C=O) groups excluding carboxylic acids is 1. The maximum atomic E-state index is 11.6. The van der Waals surface area contributed by atoms with Gasteiger partial charge < -0.3 is 10.0 Å². The van der Waals surface area contributed by atoms with Gasteiger partial charge in [0.15, 0.2) is 0 Å². The van der Waals surface area contributed by atoms with Crippen LogP contribution in [-0.2, 0) is 11.3 Å². The van der Waals surface area contributed by atoms with Gasteiger partial charge in [0.25, 0.3) is 0 Å². The van der Waals surface area contributed by atoms with Crippen molar-refractivity contribution in [2.75, 3.05) is 20.1 Å². The summed E-state index contributed by atoms with van der Waals surface area (Å²) in [5, 5.41) is 10.6. The van der Waals surface area contributed by atoms with Gasteiger partial charge in [0.2, 0.25) is 5.91 Å². The Kier molecular flexibility index (Phi) is 4.45. The van der Waals surface area contributed by atoms with Crippen LogP contribution in [0.15, 0.2) is 30.3 Å². The van der Waals surface area contributed by atoms with E-state index in [0.717, 1.165) is 6.54 Å². The highest BCUT2D eigenvalue weighted by molar-refractivity contribution is 5.73. The molecule has 1 aliphatic rings. The van der Waals surface area contributed by atoms with E-state index in [9.17, 15) is 9.90 Å². The second-order valence-electron chi connectivity index (χ2n) is 5.99. The quantitative estimate of drug-likeness (QED) is 0.909. The highest BCUT2D eigenvalue weighted by atomic mass is 16.3. The molecule has 1 aromatic rings. The van der Waals surface area contributed by atoms with Gasteiger partial charge in [-0.2, -0.15) is 0 Å². The third-order valence-corrected chi connectivity index (χ3v) is 4.25. The van der Waals surface area contributed by atoms with Crippen LogP contribution in [0.3, 0.4) is 0 Å². The number of carbonyl (C=O) groups is 1. The van der Waals surface area contributed by atoms with Crippen LogP contribution in [0.5, 0.6) is 0 Å².